The van der Waals surface area contributed by atoms with E-state index in [0.29, 0.717) is 11.3 Å². The molecule has 5 heteroatoms. The molecule has 0 fully saturated rings. The van der Waals surface area contributed by atoms with Crippen LogP contribution >= 0.6 is 0 Å². The van der Waals surface area contributed by atoms with Crippen LogP contribution in [-0.2, 0) is 10.4 Å². The summed E-state index contributed by atoms with van der Waals surface area (Å²) >= 11 is 0. The molecule has 14 heavy (non-hydrogen) atoms. The van der Waals surface area contributed by atoms with E-state index in [1.165, 1.54) is 6.20 Å². The van der Waals surface area contributed by atoms with Crippen molar-refractivity contribution in [3.63, 3.8) is 0 Å². The Balaban J connectivity index is 0. The molecule has 0 spiro atoms. The molecule has 0 amide bonds. The summed E-state index contributed by atoms with van der Waals surface area (Å²) in [5, 5.41) is 9.49. The summed E-state index contributed by atoms with van der Waals surface area (Å²) in [6, 6.07) is 3.19. The predicted molar refractivity (Wildman–Crippen MR) is 46.2 cm³/mol. The molecule has 0 aromatic carbocycles. The van der Waals surface area contributed by atoms with Gasteiger partial charge in [0.1, 0.15) is 0 Å². The molecule has 0 bridgehead atoms. The minimum atomic E-state index is -0.957. The summed E-state index contributed by atoms with van der Waals surface area (Å²) in [5.41, 5.74) is -0.0222. The van der Waals surface area contributed by atoms with Crippen LogP contribution in [0.15, 0.2) is 18.3 Å². The third-order valence-corrected chi connectivity index (χ3v) is 1.51. The number of hydrogen-bond donors (Lipinski definition) is 1. The maximum atomic E-state index is 10.1. The number of aliphatic hydroxyl groups is 1. The Morgan fingerprint density at radius 1 is 1.43 bits per heavy atom. The SMILES string of the molecule is CC(C)(O)c1ccc([C-]=O)cn1.[Li+].[OH-]. The zero-order valence-corrected chi connectivity index (χ0v) is 8.48. The first-order chi connectivity index (χ1) is 5.54. The fourth-order valence-electron chi connectivity index (χ4n) is 0.816. The maximum absolute atomic E-state index is 10.1. The van der Waals surface area contributed by atoms with Crippen LogP contribution in [0.4, 0.5) is 0 Å². The minimum absolute atomic E-state index is 0. The number of pyridine rings is 1. The Kier molecular flexibility index (Phi) is 6.70. The molecule has 0 saturated carbocycles. The number of aromatic nitrogens is 1. The van der Waals surface area contributed by atoms with Crippen LogP contribution in [-0.4, -0.2) is 21.9 Å². The summed E-state index contributed by atoms with van der Waals surface area (Å²) < 4.78 is 0. The van der Waals surface area contributed by atoms with Gasteiger partial charge in [0.05, 0.1) is 11.9 Å². The molecule has 72 valence electrons. The second kappa shape index (κ2) is 5.94. The van der Waals surface area contributed by atoms with Crippen molar-refractivity contribution < 1.29 is 34.2 Å². The van der Waals surface area contributed by atoms with E-state index in [2.05, 4.69) is 4.98 Å². The Bertz CT molecular complexity index is 279. The molecule has 0 aliphatic rings. The monoisotopic (exact) mass is 188 g/mol. The third kappa shape index (κ3) is 4.03. The molecule has 4 nitrogen and oxygen atoms in total. The summed E-state index contributed by atoms with van der Waals surface area (Å²) in [7, 11) is 0. The van der Waals surface area contributed by atoms with E-state index in [9.17, 15) is 9.90 Å². The van der Waals surface area contributed by atoms with E-state index in [1.54, 1.807) is 32.3 Å². The maximum Gasteiger partial charge on any atom is 1.00 e. The van der Waals surface area contributed by atoms with Gasteiger partial charge in [0.2, 0.25) is 0 Å². The van der Waals surface area contributed by atoms with E-state index in [0.717, 1.165) is 0 Å². The number of hydrogen-bond acceptors (Lipinski definition) is 4. The van der Waals surface area contributed by atoms with Crippen molar-refractivity contribution >= 4 is 6.29 Å². The van der Waals surface area contributed by atoms with Crippen molar-refractivity contribution in [1.82, 2.24) is 4.98 Å². The largest absolute Gasteiger partial charge is 1.00 e. The van der Waals surface area contributed by atoms with Crippen molar-refractivity contribution in [2.75, 3.05) is 0 Å². The molecule has 0 aliphatic carbocycles. The van der Waals surface area contributed by atoms with Gasteiger partial charge in [-0.15, -0.1) is 5.56 Å². The summed E-state index contributed by atoms with van der Waals surface area (Å²) in [6.07, 6.45) is 3.10. The quantitative estimate of drug-likeness (QED) is 0.414. The van der Waals surface area contributed by atoms with Crippen LogP contribution in [0, 0.1) is 0 Å². The Hall–Kier alpha value is -0.663. The second-order valence-corrected chi connectivity index (χ2v) is 3.09. The molecule has 0 saturated heterocycles. The standard InChI is InChI=1S/C9H10NO2.Li.H2O/c1-9(2,12)8-4-3-7(6-11)5-10-8;;/h3-5,12H,1-2H3;;1H2/q-1;+1;/p-1. The van der Waals surface area contributed by atoms with E-state index >= 15 is 0 Å². The van der Waals surface area contributed by atoms with E-state index in [4.69, 9.17) is 0 Å². The number of nitrogens with zero attached hydrogens (tertiary/aromatic N) is 1. The predicted octanol–water partition coefficient (Wildman–Crippen LogP) is -2.41. The van der Waals surface area contributed by atoms with Crippen molar-refractivity contribution in [3.8, 4) is 0 Å². The van der Waals surface area contributed by atoms with Crippen molar-refractivity contribution in [2.24, 2.45) is 0 Å². The molecule has 0 unspecified atom stereocenters. The molecule has 1 rings (SSSR count). The van der Waals surface area contributed by atoms with E-state index in [1.807, 2.05) is 0 Å². The minimum Gasteiger partial charge on any atom is -0.870 e. The first kappa shape index (κ1) is 15.8. The average Bonchev–Trinajstić information content (AvgIpc) is 2.03. The van der Waals surface area contributed by atoms with Gasteiger partial charge in [-0.05, 0) is 13.8 Å². The molecule has 1 heterocycles. The molecule has 2 N–H and O–H groups in total. The number of carbonyl (C=O) groups excluding carboxylic acids is 1. The van der Waals surface area contributed by atoms with Crippen LogP contribution in [0.2, 0.25) is 0 Å². The topological polar surface area (TPSA) is 80.2 Å². The summed E-state index contributed by atoms with van der Waals surface area (Å²) in [6.45, 7) is 3.28. The third-order valence-electron chi connectivity index (χ3n) is 1.51. The molecular weight excluding hydrogens is 177 g/mol. The van der Waals surface area contributed by atoms with Gasteiger partial charge < -0.3 is 20.4 Å². The zero-order chi connectivity index (χ0) is 9.19. The molecule has 0 aliphatic heterocycles. The van der Waals surface area contributed by atoms with Gasteiger partial charge in [-0.2, -0.15) is 6.07 Å². The van der Waals surface area contributed by atoms with Gasteiger partial charge in [0.15, 0.2) is 0 Å². The van der Waals surface area contributed by atoms with E-state index in [-0.39, 0.29) is 24.3 Å². The smallest absolute Gasteiger partial charge is 0.870 e. The molecule has 1 aromatic rings. The first-order valence-corrected chi connectivity index (χ1v) is 3.61. The van der Waals surface area contributed by atoms with Crippen LogP contribution in [0.5, 0.6) is 0 Å². The van der Waals surface area contributed by atoms with Gasteiger partial charge in [0.25, 0.3) is 0 Å². The van der Waals surface area contributed by atoms with Gasteiger partial charge in [-0.3, -0.25) is 0 Å². The number of rotatable bonds is 2. The van der Waals surface area contributed by atoms with Crippen molar-refractivity contribution in [3.05, 3.63) is 29.6 Å². The summed E-state index contributed by atoms with van der Waals surface area (Å²) in [4.78, 5) is 14.0. The molecular formula is C9H11LiNO3-. The zero-order valence-electron chi connectivity index (χ0n) is 8.48. The molecule has 0 atom stereocenters. The van der Waals surface area contributed by atoms with Crippen LogP contribution in [0.3, 0.4) is 0 Å². The fraction of sp³-hybridized carbons (Fsp3) is 0.333. The van der Waals surface area contributed by atoms with Gasteiger partial charge in [-0.25, -0.2) is 0 Å². The van der Waals surface area contributed by atoms with Gasteiger partial charge in [0, 0.05) is 5.69 Å². The van der Waals surface area contributed by atoms with Crippen molar-refractivity contribution in [1.29, 1.82) is 0 Å². The van der Waals surface area contributed by atoms with E-state index < -0.39 is 5.60 Å². The molecule has 1 aromatic heterocycles. The fourth-order valence-corrected chi connectivity index (χ4v) is 0.816. The molecule has 0 radical (unpaired) electrons. The Morgan fingerprint density at radius 2 is 2.00 bits per heavy atom. The normalized spacial score (nSPS) is 9.64. The second-order valence-electron chi connectivity index (χ2n) is 3.09. The first-order valence-electron chi connectivity index (χ1n) is 3.61. The Labute approximate surface area is 94.8 Å². The van der Waals surface area contributed by atoms with Crippen LogP contribution in [0.25, 0.3) is 0 Å². The average molecular weight is 188 g/mol. The van der Waals surface area contributed by atoms with Crippen molar-refractivity contribution in [2.45, 2.75) is 19.4 Å². The van der Waals surface area contributed by atoms with Crippen LogP contribution in [0.1, 0.15) is 25.1 Å². The van der Waals surface area contributed by atoms with Gasteiger partial charge in [-0.1, -0.05) is 12.3 Å². The van der Waals surface area contributed by atoms with Gasteiger partial charge >= 0.3 is 18.9 Å². The summed E-state index contributed by atoms with van der Waals surface area (Å²) in [5.74, 6) is 0. The van der Waals surface area contributed by atoms with Crippen LogP contribution < -0.4 is 18.9 Å². The Morgan fingerprint density at radius 3 is 2.29 bits per heavy atom.